The zero-order valence-corrected chi connectivity index (χ0v) is 11.6. The van der Waals surface area contributed by atoms with Crippen LogP contribution in [0.4, 0.5) is 0 Å². The molecule has 0 aromatic rings. The summed E-state index contributed by atoms with van der Waals surface area (Å²) in [6.45, 7) is 2.09. The Hall–Kier alpha value is -0.590. The highest BCUT2D eigenvalue weighted by Gasteiger charge is 1.92. The van der Waals surface area contributed by atoms with Gasteiger partial charge in [0, 0.05) is 6.42 Å². The molecular weight excluding hydrogens is 208 g/mol. The summed E-state index contributed by atoms with van der Waals surface area (Å²) < 4.78 is 0. The molecule has 1 nitrogen and oxygen atoms in total. The summed E-state index contributed by atoms with van der Waals surface area (Å²) in [6.07, 6.45) is 20.8. The van der Waals surface area contributed by atoms with E-state index in [0.29, 0.717) is 0 Å². The number of hydrogen-bond acceptors (Lipinski definition) is 1. The summed E-state index contributed by atoms with van der Waals surface area (Å²) in [5, 5.41) is 0. The maximum atomic E-state index is 10.1. The number of carbonyl (C=O) groups is 1. The topological polar surface area (TPSA) is 17.1 Å². The van der Waals surface area contributed by atoms with Gasteiger partial charge in [-0.3, -0.25) is 0 Å². The summed E-state index contributed by atoms with van der Waals surface area (Å²) in [4.78, 5) is 10.1. The van der Waals surface area contributed by atoms with Crippen LogP contribution in [-0.4, -0.2) is 6.29 Å². The SMILES string of the molecule is CC=CCCCCCCCCCCCCC=O. The van der Waals surface area contributed by atoms with Crippen molar-refractivity contribution in [3.63, 3.8) is 0 Å². The molecule has 0 aromatic carbocycles. The number of rotatable bonds is 13. The third-order valence-electron chi connectivity index (χ3n) is 3.18. The van der Waals surface area contributed by atoms with E-state index in [0.717, 1.165) is 19.1 Å². The Labute approximate surface area is 108 Å². The molecule has 0 N–H and O–H groups in total. The van der Waals surface area contributed by atoms with Gasteiger partial charge in [-0.05, 0) is 26.2 Å². The van der Waals surface area contributed by atoms with E-state index in [1.165, 1.54) is 64.2 Å². The summed E-state index contributed by atoms with van der Waals surface area (Å²) >= 11 is 0. The fourth-order valence-corrected chi connectivity index (χ4v) is 2.07. The molecule has 0 saturated heterocycles. The molecule has 0 radical (unpaired) electrons. The quantitative estimate of drug-likeness (QED) is 0.237. The minimum Gasteiger partial charge on any atom is -0.303 e. The Morgan fingerprint density at radius 2 is 1.06 bits per heavy atom. The number of aldehydes is 1. The Balaban J connectivity index is 2.91. The summed E-state index contributed by atoms with van der Waals surface area (Å²) in [7, 11) is 0. The van der Waals surface area contributed by atoms with Crippen LogP contribution in [0.1, 0.15) is 84.0 Å². The van der Waals surface area contributed by atoms with Gasteiger partial charge in [-0.15, -0.1) is 0 Å². The average Bonchev–Trinajstić information content (AvgIpc) is 2.35. The average molecular weight is 238 g/mol. The lowest BCUT2D eigenvalue weighted by Crippen LogP contribution is -1.82. The highest BCUT2D eigenvalue weighted by Crippen LogP contribution is 2.11. The molecule has 0 bridgehead atoms. The second kappa shape index (κ2) is 15.4. The van der Waals surface area contributed by atoms with Crippen LogP contribution < -0.4 is 0 Å². The van der Waals surface area contributed by atoms with Gasteiger partial charge in [0.15, 0.2) is 0 Å². The molecule has 0 amide bonds. The minimum atomic E-state index is 0.756. The Morgan fingerprint density at radius 1 is 0.647 bits per heavy atom. The lowest BCUT2D eigenvalue weighted by atomic mass is 10.1. The van der Waals surface area contributed by atoms with Crippen LogP contribution in [0.15, 0.2) is 12.2 Å². The van der Waals surface area contributed by atoms with E-state index in [1.807, 2.05) is 0 Å². The standard InChI is InChI=1S/C16H30O/c1-2-3-4-5-6-7-8-9-10-11-12-13-14-15-16-17/h2-3,16H,4-15H2,1H3. The minimum absolute atomic E-state index is 0.756. The summed E-state index contributed by atoms with van der Waals surface area (Å²) in [5.41, 5.74) is 0. The first-order valence-corrected chi connectivity index (χ1v) is 7.46. The summed E-state index contributed by atoms with van der Waals surface area (Å²) in [6, 6.07) is 0. The van der Waals surface area contributed by atoms with Gasteiger partial charge in [-0.1, -0.05) is 63.5 Å². The first kappa shape index (κ1) is 16.4. The highest BCUT2D eigenvalue weighted by atomic mass is 16.1. The van der Waals surface area contributed by atoms with Crippen molar-refractivity contribution in [2.45, 2.75) is 84.0 Å². The molecular formula is C16H30O. The maximum Gasteiger partial charge on any atom is 0.119 e. The number of hydrogen-bond donors (Lipinski definition) is 0. The second-order valence-corrected chi connectivity index (χ2v) is 4.85. The largest absolute Gasteiger partial charge is 0.303 e. The molecule has 100 valence electrons. The van der Waals surface area contributed by atoms with E-state index in [4.69, 9.17) is 0 Å². The number of carbonyl (C=O) groups excluding carboxylic acids is 1. The van der Waals surface area contributed by atoms with Crippen LogP contribution in [0.25, 0.3) is 0 Å². The molecule has 0 unspecified atom stereocenters. The van der Waals surface area contributed by atoms with Crippen molar-refractivity contribution in [1.82, 2.24) is 0 Å². The van der Waals surface area contributed by atoms with E-state index >= 15 is 0 Å². The van der Waals surface area contributed by atoms with Crippen molar-refractivity contribution in [3.05, 3.63) is 12.2 Å². The van der Waals surface area contributed by atoms with Crippen molar-refractivity contribution >= 4 is 6.29 Å². The molecule has 0 atom stereocenters. The molecule has 0 fully saturated rings. The van der Waals surface area contributed by atoms with E-state index in [1.54, 1.807) is 0 Å². The lowest BCUT2D eigenvalue weighted by molar-refractivity contribution is -0.107. The van der Waals surface area contributed by atoms with Gasteiger partial charge in [-0.2, -0.15) is 0 Å². The number of unbranched alkanes of at least 4 members (excludes halogenated alkanes) is 11. The molecule has 0 aromatic heterocycles. The van der Waals surface area contributed by atoms with Gasteiger partial charge >= 0.3 is 0 Å². The third kappa shape index (κ3) is 15.4. The fraction of sp³-hybridized carbons (Fsp3) is 0.812. The normalized spacial score (nSPS) is 11.1. The monoisotopic (exact) mass is 238 g/mol. The fourth-order valence-electron chi connectivity index (χ4n) is 2.07. The van der Waals surface area contributed by atoms with Crippen LogP contribution in [0.2, 0.25) is 0 Å². The smallest absolute Gasteiger partial charge is 0.119 e. The van der Waals surface area contributed by atoms with Gasteiger partial charge in [0.2, 0.25) is 0 Å². The zero-order valence-electron chi connectivity index (χ0n) is 11.6. The molecule has 17 heavy (non-hydrogen) atoms. The molecule has 0 aliphatic rings. The van der Waals surface area contributed by atoms with Crippen molar-refractivity contribution in [3.8, 4) is 0 Å². The second-order valence-electron chi connectivity index (χ2n) is 4.85. The first-order chi connectivity index (χ1) is 8.41. The van der Waals surface area contributed by atoms with Crippen molar-refractivity contribution in [2.75, 3.05) is 0 Å². The number of allylic oxidation sites excluding steroid dienone is 2. The van der Waals surface area contributed by atoms with Gasteiger partial charge in [0.25, 0.3) is 0 Å². The van der Waals surface area contributed by atoms with E-state index in [-0.39, 0.29) is 0 Å². The molecule has 0 heterocycles. The van der Waals surface area contributed by atoms with Gasteiger partial charge < -0.3 is 4.79 Å². The third-order valence-corrected chi connectivity index (χ3v) is 3.18. The Bertz CT molecular complexity index is 172. The van der Waals surface area contributed by atoms with E-state index < -0.39 is 0 Å². The van der Waals surface area contributed by atoms with Crippen LogP contribution in [0, 0.1) is 0 Å². The van der Waals surface area contributed by atoms with Gasteiger partial charge in [0.1, 0.15) is 6.29 Å². The van der Waals surface area contributed by atoms with Gasteiger partial charge in [0.05, 0.1) is 0 Å². The van der Waals surface area contributed by atoms with Crippen molar-refractivity contribution < 1.29 is 4.79 Å². The predicted molar refractivity (Wildman–Crippen MR) is 76.3 cm³/mol. The molecule has 0 spiro atoms. The molecule has 0 saturated carbocycles. The first-order valence-electron chi connectivity index (χ1n) is 7.46. The van der Waals surface area contributed by atoms with Crippen molar-refractivity contribution in [1.29, 1.82) is 0 Å². The van der Waals surface area contributed by atoms with E-state index in [9.17, 15) is 4.79 Å². The van der Waals surface area contributed by atoms with Crippen LogP contribution in [0.3, 0.4) is 0 Å². The van der Waals surface area contributed by atoms with Crippen LogP contribution in [0.5, 0.6) is 0 Å². The Morgan fingerprint density at radius 3 is 1.47 bits per heavy atom. The molecule has 0 aliphatic carbocycles. The van der Waals surface area contributed by atoms with Crippen molar-refractivity contribution in [2.24, 2.45) is 0 Å². The molecule has 1 heteroatoms. The lowest BCUT2D eigenvalue weighted by Gasteiger charge is -2.01. The van der Waals surface area contributed by atoms with E-state index in [2.05, 4.69) is 19.1 Å². The van der Waals surface area contributed by atoms with Crippen LogP contribution >= 0.6 is 0 Å². The van der Waals surface area contributed by atoms with Gasteiger partial charge in [-0.25, -0.2) is 0 Å². The molecule has 0 aliphatic heterocycles. The maximum absolute atomic E-state index is 10.1. The van der Waals surface area contributed by atoms with Crippen LogP contribution in [-0.2, 0) is 4.79 Å². The summed E-state index contributed by atoms with van der Waals surface area (Å²) in [5.74, 6) is 0. The Kier molecular flexibility index (Phi) is 14.9. The zero-order chi connectivity index (χ0) is 12.6. The highest BCUT2D eigenvalue weighted by molar-refractivity contribution is 5.48. The predicted octanol–water partition coefficient (Wildman–Crippen LogP) is 5.44. The molecule has 0 rings (SSSR count).